The number of ether oxygens (including phenoxy) is 1. The first kappa shape index (κ1) is 27.3. The van der Waals surface area contributed by atoms with Crippen LogP contribution in [0.15, 0.2) is 0 Å². The van der Waals surface area contributed by atoms with E-state index in [2.05, 4.69) is 12.4 Å². The van der Waals surface area contributed by atoms with Crippen LogP contribution in [0.4, 0.5) is 0 Å². The van der Waals surface area contributed by atoms with E-state index in [4.69, 9.17) is 14.7 Å². The van der Waals surface area contributed by atoms with E-state index in [9.17, 15) is 20.1 Å². The maximum atomic E-state index is 11.9. The van der Waals surface area contributed by atoms with Gasteiger partial charge in [0.2, 0.25) is 12.2 Å². The summed E-state index contributed by atoms with van der Waals surface area (Å²) in [4.78, 5) is 16.9. The minimum atomic E-state index is -1.53. The molecule has 0 bridgehead atoms. The number of aliphatic hydroxyl groups excluding tert-OH is 4. The molecule has 0 aromatic rings. The highest BCUT2D eigenvalue weighted by molar-refractivity contribution is 5.74. The van der Waals surface area contributed by atoms with Crippen molar-refractivity contribution in [2.24, 2.45) is 0 Å². The van der Waals surface area contributed by atoms with Gasteiger partial charge in [-0.3, -0.25) is 4.79 Å². The lowest BCUT2D eigenvalue weighted by Gasteiger charge is -2.39. The molecule has 1 heterocycles. The van der Waals surface area contributed by atoms with Gasteiger partial charge in [0.25, 0.3) is 0 Å². The van der Waals surface area contributed by atoms with E-state index in [0.717, 1.165) is 19.3 Å². The molecule has 178 valence electrons. The highest BCUT2D eigenvalue weighted by Crippen LogP contribution is 2.21. The molecule has 0 unspecified atom stereocenters. The molecular formula is C22H43NO7. The van der Waals surface area contributed by atoms with E-state index in [1.807, 2.05) is 0 Å². The van der Waals surface area contributed by atoms with Crippen molar-refractivity contribution in [2.45, 2.75) is 128 Å². The number of aliphatic hydroxyl groups is 4. The molecule has 0 aromatic heterocycles. The fourth-order valence-electron chi connectivity index (χ4n) is 3.64. The van der Waals surface area contributed by atoms with Gasteiger partial charge in [0.1, 0.15) is 24.4 Å². The summed E-state index contributed by atoms with van der Waals surface area (Å²) in [6, 6.07) is 0. The number of hydrogen-bond acceptors (Lipinski definition) is 7. The number of nitrogens with one attached hydrogen (secondary N) is 1. The van der Waals surface area contributed by atoms with Gasteiger partial charge in [0, 0.05) is 6.42 Å². The Morgan fingerprint density at radius 2 is 1.30 bits per heavy atom. The zero-order valence-electron chi connectivity index (χ0n) is 18.5. The minimum absolute atomic E-state index is 0.301. The normalized spacial score (nSPS) is 26.6. The van der Waals surface area contributed by atoms with Crippen LogP contribution >= 0.6 is 0 Å². The lowest BCUT2D eigenvalue weighted by Crippen LogP contribution is -2.60. The van der Waals surface area contributed by atoms with E-state index in [1.54, 1.807) is 0 Å². The summed E-state index contributed by atoms with van der Waals surface area (Å²) < 4.78 is 5.16. The zero-order valence-corrected chi connectivity index (χ0v) is 18.5. The molecule has 0 aromatic carbocycles. The van der Waals surface area contributed by atoms with Gasteiger partial charge >= 0.3 is 0 Å². The van der Waals surface area contributed by atoms with E-state index >= 15 is 0 Å². The van der Waals surface area contributed by atoms with Gasteiger partial charge in [-0.25, -0.2) is 10.3 Å². The molecule has 30 heavy (non-hydrogen) atoms. The Hall–Kier alpha value is -0.770. The van der Waals surface area contributed by atoms with Crippen LogP contribution in [0.2, 0.25) is 0 Å². The molecule has 0 aliphatic carbocycles. The quantitative estimate of drug-likeness (QED) is 0.176. The van der Waals surface area contributed by atoms with Crippen LogP contribution in [-0.2, 0) is 14.4 Å². The van der Waals surface area contributed by atoms with Gasteiger partial charge in [-0.15, -0.1) is 0 Å². The second-order valence-corrected chi connectivity index (χ2v) is 8.33. The third kappa shape index (κ3) is 11.0. The van der Waals surface area contributed by atoms with Crippen LogP contribution < -0.4 is 5.48 Å². The maximum absolute atomic E-state index is 11.9. The van der Waals surface area contributed by atoms with Crippen molar-refractivity contribution >= 4 is 5.91 Å². The fraction of sp³-hybridized carbons (Fsp3) is 0.955. The Kier molecular flexibility index (Phi) is 15.3. The van der Waals surface area contributed by atoms with E-state index in [0.29, 0.717) is 6.42 Å². The number of carbonyl (C=O) groups is 1. The Morgan fingerprint density at radius 3 is 1.80 bits per heavy atom. The number of hydroxylamine groups is 1. The van der Waals surface area contributed by atoms with Crippen LogP contribution in [0.5, 0.6) is 0 Å². The maximum Gasteiger partial charge on any atom is 0.243 e. The first-order valence-corrected chi connectivity index (χ1v) is 11.8. The topological polar surface area (TPSA) is 128 Å². The number of hydrogen-bond donors (Lipinski definition) is 5. The van der Waals surface area contributed by atoms with Crippen LogP contribution in [0.1, 0.15) is 96.8 Å². The van der Waals surface area contributed by atoms with Gasteiger partial charge in [-0.2, -0.15) is 0 Å². The lowest BCUT2D eigenvalue weighted by molar-refractivity contribution is -0.313. The summed E-state index contributed by atoms with van der Waals surface area (Å²) in [5, 5.41) is 38.4. The third-order valence-corrected chi connectivity index (χ3v) is 5.64. The fourth-order valence-corrected chi connectivity index (χ4v) is 3.64. The van der Waals surface area contributed by atoms with Gasteiger partial charge < -0.3 is 25.2 Å². The Labute approximate surface area is 180 Å². The smallest absolute Gasteiger partial charge is 0.243 e. The third-order valence-electron chi connectivity index (χ3n) is 5.64. The molecule has 5 atom stereocenters. The minimum Gasteiger partial charge on any atom is -0.394 e. The van der Waals surface area contributed by atoms with Gasteiger partial charge in [-0.1, -0.05) is 84.0 Å². The van der Waals surface area contributed by atoms with Gasteiger partial charge in [0.05, 0.1) is 6.61 Å². The van der Waals surface area contributed by atoms with Crippen molar-refractivity contribution in [1.29, 1.82) is 0 Å². The molecular weight excluding hydrogens is 390 g/mol. The van der Waals surface area contributed by atoms with Gasteiger partial charge in [-0.05, 0) is 6.42 Å². The summed E-state index contributed by atoms with van der Waals surface area (Å²) in [6.45, 7) is 1.70. The molecule has 8 heteroatoms. The average molecular weight is 434 g/mol. The molecule has 1 aliphatic rings. The van der Waals surface area contributed by atoms with Crippen molar-refractivity contribution in [3.8, 4) is 0 Å². The molecule has 5 N–H and O–H groups in total. The van der Waals surface area contributed by atoms with E-state index in [-0.39, 0.29) is 5.91 Å². The Morgan fingerprint density at radius 1 is 0.800 bits per heavy atom. The zero-order chi connectivity index (χ0) is 22.2. The van der Waals surface area contributed by atoms with E-state index < -0.39 is 37.3 Å². The summed E-state index contributed by atoms with van der Waals surface area (Å²) >= 11 is 0. The molecule has 1 amide bonds. The highest BCUT2D eigenvalue weighted by Gasteiger charge is 2.44. The van der Waals surface area contributed by atoms with Gasteiger partial charge in [0.15, 0.2) is 0 Å². The molecule has 1 fully saturated rings. The van der Waals surface area contributed by atoms with Crippen molar-refractivity contribution in [1.82, 2.24) is 5.48 Å². The largest absolute Gasteiger partial charge is 0.394 e. The summed E-state index contributed by atoms with van der Waals surface area (Å²) in [5.74, 6) is -0.338. The lowest BCUT2D eigenvalue weighted by atomic mass is 9.99. The number of carbonyl (C=O) groups excluding carboxylic acids is 1. The highest BCUT2D eigenvalue weighted by atomic mass is 16.8. The molecule has 0 radical (unpaired) electrons. The van der Waals surface area contributed by atoms with E-state index in [1.165, 1.54) is 64.2 Å². The second kappa shape index (κ2) is 16.9. The van der Waals surface area contributed by atoms with Crippen LogP contribution in [-0.4, -0.2) is 63.6 Å². The predicted molar refractivity (Wildman–Crippen MR) is 113 cm³/mol. The summed E-state index contributed by atoms with van der Waals surface area (Å²) in [7, 11) is 0. The van der Waals surface area contributed by atoms with Crippen molar-refractivity contribution in [3.05, 3.63) is 0 Å². The number of amides is 1. The Bertz CT molecular complexity index is 436. The van der Waals surface area contributed by atoms with Crippen molar-refractivity contribution in [2.75, 3.05) is 6.61 Å². The van der Waals surface area contributed by atoms with Crippen molar-refractivity contribution in [3.63, 3.8) is 0 Å². The molecule has 1 rings (SSSR count). The average Bonchev–Trinajstić information content (AvgIpc) is 2.75. The monoisotopic (exact) mass is 433 g/mol. The molecule has 1 aliphatic heterocycles. The SMILES string of the molecule is CCCCCCCCCCCCCCCC(=O)NO[C@@H]1O[C@H](CO)[C@@H](O)[C@H](O)[C@H]1O. The second-order valence-electron chi connectivity index (χ2n) is 8.33. The predicted octanol–water partition coefficient (Wildman–Crippen LogP) is 2.32. The molecule has 0 spiro atoms. The van der Waals surface area contributed by atoms with Crippen LogP contribution in [0.3, 0.4) is 0 Å². The summed E-state index contributed by atoms with van der Waals surface area (Å²) in [6.07, 6.45) is 9.38. The molecule has 0 saturated carbocycles. The van der Waals surface area contributed by atoms with Crippen LogP contribution in [0, 0.1) is 0 Å². The summed E-state index contributed by atoms with van der Waals surface area (Å²) in [5.41, 5.74) is 2.21. The number of unbranched alkanes of at least 4 members (excludes halogenated alkanes) is 12. The van der Waals surface area contributed by atoms with Crippen molar-refractivity contribution < 1.29 is 34.8 Å². The Balaban J connectivity index is 1.97. The molecule has 8 nitrogen and oxygen atoms in total. The standard InChI is InChI=1S/C22H43NO7/c1-2-3-4-5-6-7-8-9-10-11-12-13-14-15-18(25)23-30-22-21(28)20(27)19(26)17(16-24)29-22/h17,19-22,24,26-28H,2-16H2,1H3,(H,23,25)/t17-,19-,20+,21-,22+/m1/s1. The first-order valence-electron chi connectivity index (χ1n) is 11.8. The number of rotatable bonds is 17. The molecule has 1 saturated heterocycles. The van der Waals surface area contributed by atoms with Crippen LogP contribution in [0.25, 0.3) is 0 Å². The first-order chi connectivity index (χ1) is 14.5.